The molecule has 13 heavy (non-hydrogen) atoms. The Balaban J connectivity index is 3.30. The van der Waals surface area contributed by atoms with Crippen LogP contribution in [0.1, 0.15) is 30.9 Å². The summed E-state index contributed by atoms with van der Waals surface area (Å²) in [6.45, 7) is 3.81. The van der Waals surface area contributed by atoms with Gasteiger partial charge in [-0.25, -0.2) is 4.39 Å². The van der Waals surface area contributed by atoms with Crippen LogP contribution in [0.4, 0.5) is 10.1 Å². The van der Waals surface area contributed by atoms with E-state index in [1.165, 1.54) is 6.07 Å². The molecule has 0 amide bonds. The maximum atomic E-state index is 13.3. The van der Waals surface area contributed by atoms with Gasteiger partial charge < -0.3 is 11.1 Å². The number of anilines is 1. The molecule has 0 spiro atoms. The molecule has 3 heteroatoms. The van der Waals surface area contributed by atoms with Crippen molar-refractivity contribution >= 4 is 11.9 Å². The fourth-order valence-corrected chi connectivity index (χ4v) is 1.19. The summed E-state index contributed by atoms with van der Waals surface area (Å²) in [6.07, 6.45) is 1.14. The third-order valence-electron chi connectivity index (χ3n) is 1.98. The number of nitrogens with two attached hydrogens (primary N) is 1. The van der Waals surface area contributed by atoms with Crippen LogP contribution in [0.5, 0.6) is 0 Å². The largest absolute Gasteiger partial charge is 0.398 e. The maximum absolute atomic E-state index is 13.3. The first kappa shape index (κ1) is 9.71. The third kappa shape index (κ3) is 1.86. The number of hydrogen-bond donors (Lipinski definition) is 2. The van der Waals surface area contributed by atoms with Crippen molar-refractivity contribution in [2.75, 3.05) is 5.73 Å². The molecule has 0 aromatic heterocycles. The minimum atomic E-state index is -0.293. The van der Waals surface area contributed by atoms with E-state index in [4.69, 9.17) is 11.1 Å². The smallest absolute Gasteiger partial charge is 0.128 e. The van der Waals surface area contributed by atoms with Gasteiger partial charge in [0.05, 0.1) is 0 Å². The summed E-state index contributed by atoms with van der Waals surface area (Å²) >= 11 is 0. The van der Waals surface area contributed by atoms with Gasteiger partial charge in [-0.1, -0.05) is 13.8 Å². The second kappa shape index (κ2) is 3.56. The molecule has 0 bridgehead atoms. The van der Waals surface area contributed by atoms with Gasteiger partial charge in [0.25, 0.3) is 0 Å². The lowest BCUT2D eigenvalue weighted by molar-refractivity contribution is 0.599. The van der Waals surface area contributed by atoms with Gasteiger partial charge in [0.1, 0.15) is 5.82 Å². The van der Waals surface area contributed by atoms with E-state index >= 15 is 0 Å². The normalized spacial score (nSPS) is 10.5. The van der Waals surface area contributed by atoms with E-state index in [1.54, 1.807) is 6.07 Å². The molecule has 0 aliphatic heterocycles. The van der Waals surface area contributed by atoms with Crippen molar-refractivity contribution in [3.8, 4) is 0 Å². The highest BCUT2D eigenvalue weighted by Crippen LogP contribution is 2.22. The Hall–Kier alpha value is -1.38. The van der Waals surface area contributed by atoms with Crippen molar-refractivity contribution in [3.63, 3.8) is 0 Å². The molecule has 0 saturated carbocycles. The maximum Gasteiger partial charge on any atom is 0.128 e. The Morgan fingerprint density at radius 2 is 2.08 bits per heavy atom. The lowest BCUT2D eigenvalue weighted by atomic mass is 9.99. The van der Waals surface area contributed by atoms with Crippen molar-refractivity contribution in [1.82, 2.24) is 0 Å². The van der Waals surface area contributed by atoms with Crippen LogP contribution in [0.3, 0.4) is 0 Å². The molecule has 0 aliphatic rings. The zero-order valence-corrected chi connectivity index (χ0v) is 7.76. The van der Waals surface area contributed by atoms with E-state index in [1.807, 2.05) is 13.8 Å². The Bertz CT molecular complexity index is 332. The number of nitrogens with one attached hydrogen (secondary N) is 1. The van der Waals surface area contributed by atoms with Gasteiger partial charge in [-0.05, 0) is 23.6 Å². The molecule has 0 unspecified atom stereocenters. The van der Waals surface area contributed by atoms with Gasteiger partial charge in [0.15, 0.2) is 0 Å². The molecule has 0 radical (unpaired) electrons. The standard InChI is InChI=1S/C10H13FN2/c1-6(2)8-3-7(5-12)10(13)4-9(8)11/h3-6,12H,13H2,1-2H3. The van der Waals surface area contributed by atoms with E-state index < -0.39 is 0 Å². The van der Waals surface area contributed by atoms with Gasteiger partial charge in [-0.2, -0.15) is 0 Å². The molecule has 0 atom stereocenters. The minimum absolute atomic E-state index is 0.110. The van der Waals surface area contributed by atoms with Crippen molar-refractivity contribution < 1.29 is 4.39 Å². The molecule has 0 heterocycles. The zero-order chi connectivity index (χ0) is 10.0. The van der Waals surface area contributed by atoms with Crippen molar-refractivity contribution in [1.29, 1.82) is 5.41 Å². The quantitative estimate of drug-likeness (QED) is 0.533. The Labute approximate surface area is 77.1 Å². The van der Waals surface area contributed by atoms with Crippen molar-refractivity contribution in [2.45, 2.75) is 19.8 Å². The molecule has 1 aromatic rings. The highest BCUT2D eigenvalue weighted by atomic mass is 19.1. The van der Waals surface area contributed by atoms with Crippen LogP contribution in [0, 0.1) is 11.2 Å². The molecule has 1 rings (SSSR count). The summed E-state index contributed by atoms with van der Waals surface area (Å²) in [5, 5.41) is 7.07. The lowest BCUT2D eigenvalue weighted by Gasteiger charge is -2.09. The average Bonchev–Trinajstić information content (AvgIpc) is 2.03. The summed E-state index contributed by atoms with van der Waals surface area (Å²) in [7, 11) is 0. The van der Waals surface area contributed by atoms with Gasteiger partial charge in [-0.3, -0.25) is 0 Å². The van der Waals surface area contributed by atoms with E-state index in [0.29, 0.717) is 16.8 Å². The average molecular weight is 180 g/mol. The molecule has 2 nitrogen and oxygen atoms in total. The van der Waals surface area contributed by atoms with Crippen LogP contribution < -0.4 is 5.73 Å². The first-order valence-electron chi connectivity index (χ1n) is 4.15. The predicted octanol–water partition coefficient (Wildman–Crippen LogP) is 2.53. The van der Waals surface area contributed by atoms with Crippen LogP contribution in [0.25, 0.3) is 0 Å². The number of hydrogen-bond acceptors (Lipinski definition) is 2. The Morgan fingerprint density at radius 3 is 2.54 bits per heavy atom. The summed E-state index contributed by atoms with van der Waals surface area (Å²) in [5.41, 5.74) is 7.00. The van der Waals surface area contributed by atoms with Gasteiger partial charge >= 0.3 is 0 Å². The van der Waals surface area contributed by atoms with Crippen LogP contribution in [0.15, 0.2) is 12.1 Å². The number of benzene rings is 1. The number of rotatable bonds is 2. The highest BCUT2D eigenvalue weighted by molar-refractivity contribution is 5.85. The molecule has 0 saturated heterocycles. The summed E-state index contributed by atoms with van der Waals surface area (Å²) in [5.74, 6) is -0.183. The van der Waals surface area contributed by atoms with E-state index in [2.05, 4.69) is 0 Å². The predicted molar refractivity (Wildman–Crippen MR) is 52.8 cm³/mol. The van der Waals surface area contributed by atoms with Crippen molar-refractivity contribution in [2.24, 2.45) is 0 Å². The Morgan fingerprint density at radius 1 is 1.46 bits per heavy atom. The molecular formula is C10H13FN2. The topological polar surface area (TPSA) is 49.9 Å². The molecule has 1 aromatic carbocycles. The third-order valence-corrected chi connectivity index (χ3v) is 1.98. The molecule has 0 aliphatic carbocycles. The summed E-state index contributed by atoms with van der Waals surface area (Å²) in [4.78, 5) is 0. The minimum Gasteiger partial charge on any atom is -0.398 e. The first-order chi connectivity index (χ1) is 6.06. The number of nitrogen functional groups attached to an aromatic ring is 1. The molecule has 0 fully saturated rings. The van der Waals surface area contributed by atoms with Crippen LogP contribution >= 0.6 is 0 Å². The van der Waals surface area contributed by atoms with Crippen molar-refractivity contribution in [3.05, 3.63) is 29.1 Å². The zero-order valence-electron chi connectivity index (χ0n) is 7.76. The number of halogens is 1. The molecular weight excluding hydrogens is 167 g/mol. The lowest BCUT2D eigenvalue weighted by Crippen LogP contribution is -2.00. The Kier molecular flexibility index (Phi) is 2.66. The monoisotopic (exact) mass is 180 g/mol. The second-order valence-corrected chi connectivity index (χ2v) is 3.30. The second-order valence-electron chi connectivity index (χ2n) is 3.30. The summed E-state index contributed by atoms with van der Waals surface area (Å²) in [6, 6.07) is 2.90. The molecule has 70 valence electrons. The first-order valence-corrected chi connectivity index (χ1v) is 4.15. The van der Waals surface area contributed by atoms with Crippen LogP contribution in [-0.2, 0) is 0 Å². The summed E-state index contributed by atoms with van der Waals surface area (Å²) < 4.78 is 13.3. The fraction of sp³-hybridized carbons (Fsp3) is 0.300. The van der Waals surface area contributed by atoms with E-state index in [-0.39, 0.29) is 11.7 Å². The van der Waals surface area contributed by atoms with E-state index in [9.17, 15) is 4.39 Å². The van der Waals surface area contributed by atoms with Gasteiger partial charge in [0.2, 0.25) is 0 Å². The SMILES string of the molecule is CC(C)c1cc(C=N)c(N)cc1F. The van der Waals surface area contributed by atoms with Crippen LogP contribution in [-0.4, -0.2) is 6.21 Å². The highest BCUT2D eigenvalue weighted by Gasteiger charge is 2.09. The fourth-order valence-electron chi connectivity index (χ4n) is 1.19. The molecule has 3 N–H and O–H groups in total. The van der Waals surface area contributed by atoms with Gasteiger partial charge in [0, 0.05) is 17.5 Å². The van der Waals surface area contributed by atoms with E-state index in [0.717, 1.165) is 6.21 Å². The van der Waals surface area contributed by atoms with Gasteiger partial charge in [-0.15, -0.1) is 0 Å². The van der Waals surface area contributed by atoms with Crippen LogP contribution in [0.2, 0.25) is 0 Å².